The lowest BCUT2D eigenvalue weighted by Crippen LogP contribution is -2.27. The topological polar surface area (TPSA) is 49.1 Å². The summed E-state index contributed by atoms with van der Waals surface area (Å²) in [7, 11) is 1.48. The summed E-state index contributed by atoms with van der Waals surface area (Å²) in [6, 6.07) is 7.11. The number of benzene rings is 1. The van der Waals surface area contributed by atoms with Crippen LogP contribution in [-0.4, -0.2) is 12.1 Å². The molecule has 2 rings (SSSR count). The lowest BCUT2D eigenvalue weighted by Gasteiger charge is -2.02. The fraction of sp³-hybridized carbons (Fsp3) is 0.111. The smallest absolute Gasteiger partial charge is 0.281 e. The van der Waals surface area contributed by atoms with E-state index in [0.29, 0.717) is 16.9 Å². The second kappa shape index (κ2) is 2.90. The fourth-order valence-corrected chi connectivity index (χ4v) is 1.16. The molecule has 0 unspecified atom stereocenters. The number of nitrogens with zero attached hydrogens (tertiary/aromatic N) is 2. The first-order chi connectivity index (χ1) is 6.31. The van der Waals surface area contributed by atoms with Crippen LogP contribution in [-0.2, 0) is 0 Å². The largest absolute Gasteiger partial charge is 0.618 e. The van der Waals surface area contributed by atoms with E-state index in [1.54, 1.807) is 18.2 Å². The molecule has 0 amide bonds. The molecule has 0 fully saturated rings. The minimum atomic E-state index is 0.328. The van der Waals surface area contributed by atoms with Gasteiger partial charge in [0.25, 0.3) is 5.88 Å². The van der Waals surface area contributed by atoms with Gasteiger partial charge in [0.2, 0.25) is 11.7 Å². The predicted molar refractivity (Wildman–Crippen MR) is 47.3 cm³/mol. The Morgan fingerprint density at radius 2 is 2.15 bits per heavy atom. The molecule has 1 aromatic carbocycles. The van der Waals surface area contributed by atoms with Gasteiger partial charge in [-0.05, 0) is 6.07 Å². The normalized spacial score (nSPS) is 10.2. The van der Waals surface area contributed by atoms with Gasteiger partial charge in [0.05, 0.1) is 7.11 Å². The Hall–Kier alpha value is -1.84. The molecular weight excluding hydrogens is 168 g/mol. The Kier molecular flexibility index (Phi) is 1.73. The van der Waals surface area contributed by atoms with Gasteiger partial charge < -0.3 is 9.94 Å². The van der Waals surface area contributed by atoms with E-state index in [9.17, 15) is 5.21 Å². The highest BCUT2D eigenvalue weighted by molar-refractivity contribution is 5.70. The molecule has 0 aliphatic carbocycles. The maximum Gasteiger partial charge on any atom is 0.281 e. The molecule has 0 N–H and O–H groups in total. The summed E-state index contributed by atoms with van der Waals surface area (Å²) in [5.41, 5.74) is 1.18. The van der Waals surface area contributed by atoms with Crippen molar-refractivity contribution in [1.29, 1.82) is 0 Å². The third kappa shape index (κ3) is 1.26. The molecule has 0 saturated heterocycles. The van der Waals surface area contributed by atoms with E-state index in [1.807, 2.05) is 6.07 Å². The molecular formula is C9H8N2O2. The number of hydrogen-bond donors (Lipinski definition) is 0. The van der Waals surface area contributed by atoms with Gasteiger partial charge in [-0.2, -0.15) is 4.73 Å². The van der Waals surface area contributed by atoms with Crippen LogP contribution >= 0.6 is 0 Å². The van der Waals surface area contributed by atoms with Gasteiger partial charge in [-0.15, -0.1) is 0 Å². The molecule has 0 aliphatic rings. The third-order valence-corrected chi connectivity index (χ3v) is 1.79. The van der Waals surface area contributed by atoms with Gasteiger partial charge in [-0.1, -0.05) is 12.1 Å². The zero-order valence-electron chi connectivity index (χ0n) is 7.10. The van der Waals surface area contributed by atoms with Crippen molar-refractivity contribution in [3.8, 4) is 5.88 Å². The number of para-hydroxylation sites is 2. The monoisotopic (exact) mass is 176 g/mol. The summed E-state index contributed by atoms with van der Waals surface area (Å²) in [5.74, 6) is 0.328. The van der Waals surface area contributed by atoms with Gasteiger partial charge in [-0.3, -0.25) is 0 Å². The minimum Gasteiger partial charge on any atom is -0.618 e. The molecule has 0 saturated carbocycles. The van der Waals surface area contributed by atoms with Crippen LogP contribution in [0, 0.1) is 5.21 Å². The number of hydrogen-bond acceptors (Lipinski definition) is 3. The molecule has 0 atom stereocenters. The molecule has 4 nitrogen and oxygen atoms in total. The highest BCUT2D eigenvalue weighted by Crippen LogP contribution is 2.10. The Labute approximate surface area is 75.0 Å². The molecule has 1 heterocycles. The van der Waals surface area contributed by atoms with E-state index in [0.717, 1.165) is 4.73 Å². The van der Waals surface area contributed by atoms with E-state index in [1.165, 1.54) is 13.3 Å². The quantitative estimate of drug-likeness (QED) is 0.478. The lowest BCUT2D eigenvalue weighted by atomic mass is 10.3. The highest BCUT2D eigenvalue weighted by Gasteiger charge is 2.06. The van der Waals surface area contributed by atoms with Gasteiger partial charge in [-0.25, -0.2) is 4.98 Å². The van der Waals surface area contributed by atoms with Crippen molar-refractivity contribution < 1.29 is 9.47 Å². The predicted octanol–water partition coefficient (Wildman–Crippen LogP) is 0.877. The zero-order valence-corrected chi connectivity index (χ0v) is 7.10. The first-order valence-corrected chi connectivity index (χ1v) is 3.84. The van der Waals surface area contributed by atoms with Crippen LogP contribution in [0.15, 0.2) is 30.5 Å². The molecule has 0 spiro atoms. The summed E-state index contributed by atoms with van der Waals surface area (Å²) in [6.07, 6.45) is 1.31. The van der Waals surface area contributed by atoms with E-state index < -0.39 is 0 Å². The number of fused-ring (bicyclic) bond motifs is 1. The van der Waals surface area contributed by atoms with E-state index in [-0.39, 0.29) is 0 Å². The van der Waals surface area contributed by atoms with Crippen LogP contribution in [0.5, 0.6) is 5.88 Å². The van der Waals surface area contributed by atoms with Crippen LogP contribution in [0.3, 0.4) is 0 Å². The maximum absolute atomic E-state index is 11.4. The van der Waals surface area contributed by atoms with Crippen molar-refractivity contribution in [2.45, 2.75) is 0 Å². The van der Waals surface area contributed by atoms with E-state index in [4.69, 9.17) is 4.74 Å². The third-order valence-electron chi connectivity index (χ3n) is 1.79. The van der Waals surface area contributed by atoms with Crippen LogP contribution in [0.25, 0.3) is 11.0 Å². The van der Waals surface area contributed by atoms with Crippen LogP contribution < -0.4 is 9.47 Å². The fourth-order valence-electron chi connectivity index (χ4n) is 1.16. The second-order valence-corrected chi connectivity index (χ2v) is 2.60. The molecule has 0 radical (unpaired) electrons. The Bertz CT molecular complexity index is 443. The van der Waals surface area contributed by atoms with Crippen LogP contribution in [0.1, 0.15) is 0 Å². The highest BCUT2D eigenvalue weighted by atomic mass is 16.5. The van der Waals surface area contributed by atoms with Gasteiger partial charge in [0, 0.05) is 6.07 Å². The van der Waals surface area contributed by atoms with Crippen molar-refractivity contribution in [3.63, 3.8) is 0 Å². The van der Waals surface area contributed by atoms with Gasteiger partial charge in [0.15, 0.2) is 0 Å². The molecule has 2 aromatic rings. The Balaban J connectivity index is 2.77. The van der Waals surface area contributed by atoms with Crippen molar-refractivity contribution in [1.82, 2.24) is 4.98 Å². The lowest BCUT2D eigenvalue weighted by molar-refractivity contribution is -0.577. The first-order valence-electron chi connectivity index (χ1n) is 3.84. The molecule has 66 valence electrons. The van der Waals surface area contributed by atoms with Crippen LogP contribution in [0.4, 0.5) is 0 Å². The molecule has 4 heteroatoms. The summed E-state index contributed by atoms with van der Waals surface area (Å²) in [6.45, 7) is 0. The molecule has 0 aliphatic heterocycles. The SMILES string of the molecule is COc1c[n+]([O-])c2ccccc2n1. The molecule has 1 aromatic heterocycles. The number of methoxy groups -OCH3 is 1. The van der Waals surface area contributed by atoms with Crippen molar-refractivity contribution in [3.05, 3.63) is 35.7 Å². The Morgan fingerprint density at radius 1 is 1.38 bits per heavy atom. The summed E-state index contributed by atoms with van der Waals surface area (Å²) in [4.78, 5) is 4.11. The van der Waals surface area contributed by atoms with Gasteiger partial charge in [0.1, 0.15) is 5.52 Å². The number of aromatic nitrogens is 2. The first kappa shape index (κ1) is 7.79. The van der Waals surface area contributed by atoms with Gasteiger partial charge >= 0.3 is 0 Å². The van der Waals surface area contributed by atoms with Crippen LogP contribution in [0.2, 0.25) is 0 Å². The average molecular weight is 176 g/mol. The van der Waals surface area contributed by atoms with Crippen molar-refractivity contribution in [2.24, 2.45) is 0 Å². The number of ether oxygens (including phenoxy) is 1. The van der Waals surface area contributed by atoms with E-state index >= 15 is 0 Å². The van der Waals surface area contributed by atoms with Crippen molar-refractivity contribution >= 4 is 11.0 Å². The maximum atomic E-state index is 11.4. The summed E-state index contributed by atoms with van der Waals surface area (Å²) < 4.78 is 5.62. The standard InChI is InChI=1S/C9H8N2O2/c1-13-9-6-11(12)8-5-3-2-4-7(8)10-9/h2-6H,1H3. The van der Waals surface area contributed by atoms with E-state index in [2.05, 4.69) is 4.98 Å². The minimum absolute atomic E-state index is 0.328. The Morgan fingerprint density at radius 3 is 2.92 bits per heavy atom. The molecule has 13 heavy (non-hydrogen) atoms. The number of rotatable bonds is 1. The summed E-state index contributed by atoms with van der Waals surface area (Å²) >= 11 is 0. The molecule has 0 bridgehead atoms. The summed E-state index contributed by atoms with van der Waals surface area (Å²) in [5, 5.41) is 11.4. The second-order valence-electron chi connectivity index (χ2n) is 2.60. The van der Waals surface area contributed by atoms with Crippen molar-refractivity contribution in [2.75, 3.05) is 7.11 Å². The zero-order chi connectivity index (χ0) is 9.26. The average Bonchev–Trinajstić information content (AvgIpc) is 2.18.